The lowest BCUT2D eigenvalue weighted by atomic mass is 10.3. The number of carbonyl (C=O) groups is 1. The van der Waals surface area contributed by atoms with Crippen LogP contribution in [0.5, 0.6) is 0 Å². The molecule has 0 aliphatic carbocycles. The van der Waals surface area contributed by atoms with Gasteiger partial charge in [0.2, 0.25) is 12.0 Å². The zero-order chi connectivity index (χ0) is 10.8. The number of nitrogens with zero attached hydrogens (tertiary/aromatic N) is 1. The van der Waals surface area contributed by atoms with E-state index < -0.39 is 5.63 Å². The van der Waals surface area contributed by atoms with Gasteiger partial charge in [-0.25, -0.2) is 4.79 Å². The molecular weight excluding hydrogens is 220 g/mol. The van der Waals surface area contributed by atoms with Crippen molar-refractivity contribution in [2.24, 2.45) is 0 Å². The lowest BCUT2D eigenvalue weighted by Crippen LogP contribution is -2.38. The summed E-state index contributed by atoms with van der Waals surface area (Å²) in [6.45, 7) is 0. The third kappa shape index (κ3) is 1.69. The molecule has 0 spiro atoms. The Morgan fingerprint density at radius 3 is 2.60 bits per heavy atom. The molecular formula is C9H6ClN2O3+. The Hall–Kier alpha value is -1.88. The molecule has 0 radical (unpaired) electrons. The molecule has 6 heteroatoms. The van der Waals surface area contributed by atoms with Crippen LogP contribution in [0.4, 0.5) is 0 Å². The minimum Gasteiger partial charge on any atom is -0.291 e. The van der Waals surface area contributed by atoms with Gasteiger partial charge in [0.25, 0.3) is 0 Å². The number of hydrogen-bond acceptors (Lipinski definition) is 3. The largest absolute Gasteiger partial charge is 0.438 e. The Bertz CT molecular complexity index is 541. The summed E-state index contributed by atoms with van der Waals surface area (Å²) in [4.78, 5) is 21.7. The van der Waals surface area contributed by atoms with Crippen LogP contribution < -0.4 is 10.3 Å². The van der Waals surface area contributed by atoms with Gasteiger partial charge in [-0.2, -0.15) is 0 Å². The van der Waals surface area contributed by atoms with Crippen LogP contribution in [0.1, 0.15) is 10.5 Å². The molecule has 15 heavy (non-hydrogen) atoms. The van der Waals surface area contributed by atoms with E-state index >= 15 is 0 Å². The van der Waals surface area contributed by atoms with Crippen LogP contribution in [-0.4, -0.2) is 11.6 Å². The summed E-state index contributed by atoms with van der Waals surface area (Å²) >= 11 is 5.70. The second kappa shape index (κ2) is 3.70. The minimum absolute atomic E-state index is 0.0997. The number of rotatable bonds is 2. The summed E-state index contributed by atoms with van der Waals surface area (Å²) in [6.07, 6.45) is 0.428. The van der Waals surface area contributed by atoms with Crippen LogP contribution in [0.3, 0.4) is 0 Å². The summed E-state index contributed by atoms with van der Waals surface area (Å²) in [6, 6.07) is 6.59. The molecule has 2 rings (SSSR count). The number of hydrogen-bond donors (Lipinski definition) is 1. The fourth-order valence-corrected chi connectivity index (χ4v) is 1.29. The van der Waals surface area contributed by atoms with Crippen LogP contribution >= 0.6 is 11.6 Å². The minimum atomic E-state index is -0.708. The quantitative estimate of drug-likeness (QED) is 0.605. The smallest absolute Gasteiger partial charge is 0.291 e. The van der Waals surface area contributed by atoms with Gasteiger partial charge in [-0.3, -0.25) is 9.32 Å². The standard InChI is InChI=1S/C9H5ClN2O3/c10-6-1-3-7(4-2-6)12-8(5-13)9(14)15-11-12/h1-5H/p+1. The third-order valence-corrected chi connectivity index (χ3v) is 2.13. The molecule has 0 saturated heterocycles. The summed E-state index contributed by atoms with van der Waals surface area (Å²) in [5.41, 5.74) is -0.218. The molecule has 1 heterocycles. The first-order valence-corrected chi connectivity index (χ1v) is 4.45. The van der Waals surface area contributed by atoms with E-state index in [9.17, 15) is 9.59 Å². The van der Waals surface area contributed by atoms with Crippen molar-refractivity contribution in [1.29, 1.82) is 0 Å². The number of H-pyrrole nitrogens is 1. The second-order valence-electron chi connectivity index (χ2n) is 2.80. The highest BCUT2D eigenvalue weighted by molar-refractivity contribution is 6.30. The predicted molar refractivity (Wildman–Crippen MR) is 51.3 cm³/mol. The maximum absolute atomic E-state index is 11.0. The van der Waals surface area contributed by atoms with Crippen LogP contribution in [0.2, 0.25) is 5.02 Å². The van der Waals surface area contributed by atoms with Gasteiger partial charge in [0.1, 0.15) is 0 Å². The van der Waals surface area contributed by atoms with Crippen molar-refractivity contribution in [2.75, 3.05) is 0 Å². The van der Waals surface area contributed by atoms with Crippen molar-refractivity contribution in [3.8, 4) is 5.69 Å². The van der Waals surface area contributed by atoms with Gasteiger partial charge in [0.05, 0.1) is 0 Å². The zero-order valence-corrected chi connectivity index (χ0v) is 8.19. The van der Waals surface area contributed by atoms with Gasteiger partial charge in [-0.05, 0) is 22.1 Å². The molecule has 0 fully saturated rings. The molecule has 0 saturated carbocycles. The van der Waals surface area contributed by atoms with E-state index in [1.807, 2.05) is 0 Å². The molecule has 1 aromatic carbocycles. The predicted octanol–water partition coefficient (Wildman–Crippen LogP) is 0.710. The topological polar surface area (TPSA) is 67.0 Å². The second-order valence-corrected chi connectivity index (χ2v) is 3.23. The summed E-state index contributed by atoms with van der Waals surface area (Å²) in [7, 11) is 0. The molecule has 76 valence electrons. The molecule has 1 N–H and O–H groups in total. The van der Waals surface area contributed by atoms with Crippen molar-refractivity contribution in [3.05, 3.63) is 45.4 Å². The summed E-state index contributed by atoms with van der Waals surface area (Å²) in [5.74, 6) is 0. The Kier molecular flexibility index (Phi) is 2.39. The van der Waals surface area contributed by atoms with E-state index in [0.29, 0.717) is 17.0 Å². The van der Waals surface area contributed by atoms with Crippen molar-refractivity contribution in [3.63, 3.8) is 0 Å². The Morgan fingerprint density at radius 2 is 2.00 bits per heavy atom. The number of benzene rings is 1. The average molecular weight is 226 g/mol. The maximum atomic E-state index is 11.0. The number of aldehydes is 1. The lowest BCUT2D eigenvalue weighted by molar-refractivity contribution is -0.671. The molecule has 2 aromatic rings. The van der Waals surface area contributed by atoms with Crippen molar-refractivity contribution in [2.45, 2.75) is 0 Å². The van der Waals surface area contributed by atoms with Gasteiger partial charge >= 0.3 is 11.3 Å². The fourth-order valence-electron chi connectivity index (χ4n) is 1.16. The Morgan fingerprint density at radius 1 is 1.33 bits per heavy atom. The van der Waals surface area contributed by atoms with Crippen molar-refractivity contribution < 1.29 is 14.0 Å². The SMILES string of the molecule is O=Cc1c(=O)o[nH][n+]1-c1ccc(Cl)cc1. The monoisotopic (exact) mass is 225 g/mol. The maximum Gasteiger partial charge on any atom is 0.438 e. The highest BCUT2D eigenvalue weighted by atomic mass is 35.5. The number of halogens is 1. The van der Waals surface area contributed by atoms with E-state index in [0.717, 1.165) is 0 Å². The van der Waals surface area contributed by atoms with Gasteiger partial charge < -0.3 is 0 Å². The van der Waals surface area contributed by atoms with Crippen LogP contribution in [0.25, 0.3) is 5.69 Å². The number of carbonyl (C=O) groups excluding carboxylic acids is 1. The molecule has 5 nitrogen and oxygen atoms in total. The van der Waals surface area contributed by atoms with Crippen LogP contribution in [-0.2, 0) is 0 Å². The summed E-state index contributed by atoms with van der Waals surface area (Å²) < 4.78 is 5.73. The number of aromatic amines is 1. The first-order valence-electron chi connectivity index (χ1n) is 4.07. The molecule has 1 aromatic heterocycles. The first kappa shape index (κ1) is 9.67. The van der Waals surface area contributed by atoms with E-state index in [4.69, 9.17) is 11.6 Å². The van der Waals surface area contributed by atoms with Crippen LogP contribution in [0.15, 0.2) is 33.6 Å². The molecule has 0 aliphatic heterocycles. The average Bonchev–Trinajstić information content (AvgIpc) is 2.61. The Labute approximate surface area is 88.8 Å². The Balaban J connectivity index is 2.58. The molecule has 0 atom stereocenters. The number of nitrogens with one attached hydrogen (secondary N) is 1. The third-order valence-electron chi connectivity index (χ3n) is 1.88. The van der Waals surface area contributed by atoms with Crippen LogP contribution in [0, 0.1) is 0 Å². The van der Waals surface area contributed by atoms with E-state index in [2.05, 4.69) is 9.79 Å². The number of aromatic nitrogens is 2. The molecule has 0 aliphatic rings. The van der Waals surface area contributed by atoms with Crippen molar-refractivity contribution in [1.82, 2.24) is 5.27 Å². The van der Waals surface area contributed by atoms with Gasteiger partial charge in [0, 0.05) is 17.2 Å². The highest BCUT2D eigenvalue weighted by Crippen LogP contribution is 2.08. The summed E-state index contributed by atoms with van der Waals surface area (Å²) in [5, 5.41) is 2.88. The van der Waals surface area contributed by atoms with Crippen molar-refractivity contribution >= 4 is 17.9 Å². The molecule has 0 unspecified atom stereocenters. The first-order chi connectivity index (χ1) is 7.22. The van der Waals surface area contributed by atoms with Gasteiger partial charge in [0.15, 0.2) is 0 Å². The van der Waals surface area contributed by atoms with E-state index in [1.165, 1.54) is 4.68 Å². The molecule has 0 bridgehead atoms. The molecule has 0 amide bonds. The normalized spacial score (nSPS) is 10.2. The highest BCUT2D eigenvalue weighted by Gasteiger charge is 2.21. The fraction of sp³-hybridized carbons (Fsp3) is 0. The zero-order valence-electron chi connectivity index (χ0n) is 7.44. The van der Waals surface area contributed by atoms with E-state index in [1.54, 1.807) is 24.3 Å². The van der Waals surface area contributed by atoms with E-state index in [-0.39, 0.29) is 5.69 Å². The van der Waals surface area contributed by atoms with Gasteiger partial charge in [-0.15, -0.1) is 0 Å². The van der Waals surface area contributed by atoms with Gasteiger partial charge in [-0.1, -0.05) is 11.6 Å². The lowest BCUT2D eigenvalue weighted by Gasteiger charge is -1.90.